The Morgan fingerprint density at radius 2 is 1.67 bits per heavy atom. The lowest BCUT2D eigenvalue weighted by Gasteiger charge is -2.29. The largest absolute Gasteiger partial charge is 0.378 e. The molecule has 150 valence electrons. The smallest absolute Gasteiger partial charge is 0.227 e. The fraction of sp³-hybridized carbons (Fsp3) is 0.182. The molecule has 1 saturated heterocycles. The van der Waals surface area contributed by atoms with Crippen LogP contribution in [0.1, 0.15) is 0 Å². The maximum absolute atomic E-state index is 5.46. The monoisotopic (exact) mass is 399 g/mol. The molecule has 0 amide bonds. The molecule has 3 heterocycles. The van der Waals surface area contributed by atoms with E-state index in [0.717, 1.165) is 48.9 Å². The van der Waals surface area contributed by atoms with Crippen LogP contribution in [0.25, 0.3) is 16.9 Å². The topological polar surface area (TPSA) is 81.0 Å². The predicted molar refractivity (Wildman–Crippen MR) is 115 cm³/mol. The Labute approximate surface area is 174 Å². The molecule has 0 atom stereocenters. The molecule has 1 aliphatic heterocycles. The molecule has 0 saturated carbocycles. The number of anilines is 3. The first-order valence-electron chi connectivity index (χ1n) is 9.83. The molecule has 8 heteroatoms. The van der Waals surface area contributed by atoms with Crippen molar-refractivity contribution < 1.29 is 4.74 Å². The van der Waals surface area contributed by atoms with Gasteiger partial charge in [-0.2, -0.15) is 0 Å². The first kappa shape index (κ1) is 18.3. The SMILES string of the molecule is c1cc(-c2ccnc(Nc3ccc(-n4cnnc4)cc3)n2)cc(N2CCOCC2)c1. The molecular formula is C22H21N7O. The summed E-state index contributed by atoms with van der Waals surface area (Å²) in [6, 6.07) is 18.3. The number of nitrogens with one attached hydrogen (secondary N) is 1. The van der Waals surface area contributed by atoms with Gasteiger partial charge in [0.25, 0.3) is 0 Å². The van der Waals surface area contributed by atoms with Gasteiger partial charge in [0.15, 0.2) is 0 Å². The van der Waals surface area contributed by atoms with Gasteiger partial charge in [-0.05, 0) is 42.5 Å². The molecule has 1 N–H and O–H groups in total. The summed E-state index contributed by atoms with van der Waals surface area (Å²) in [5.41, 5.74) is 5.02. The summed E-state index contributed by atoms with van der Waals surface area (Å²) in [4.78, 5) is 11.4. The number of benzene rings is 2. The van der Waals surface area contributed by atoms with Gasteiger partial charge in [-0.25, -0.2) is 9.97 Å². The molecule has 0 aliphatic carbocycles. The van der Waals surface area contributed by atoms with Crippen LogP contribution in [0.5, 0.6) is 0 Å². The van der Waals surface area contributed by atoms with Gasteiger partial charge < -0.3 is 15.0 Å². The van der Waals surface area contributed by atoms with E-state index in [1.165, 1.54) is 5.69 Å². The quantitative estimate of drug-likeness (QED) is 0.551. The summed E-state index contributed by atoms with van der Waals surface area (Å²) in [6.45, 7) is 3.35. The number of ether oxygens (including phenoxy) is 1. The Balaban J connectivity index is 1.34. The number of hydrogen-bond acceptors (Lipinski definition) is 7. The highest BCUT2D eigenvalue weighted by molar-refractivity contribution is 5.67. The van der Waals surface area contributed by atoms with Crippen LogP contribution in [0.2, 0.25) is 0 Å². The zero-order valence-electron chi connectivity index (χ0n) is 16.3. The number of aromatic nitrogens is 5. The normalized spacial score (nSPS) is 13.9. The van der Waals surface area contributed by atoms with E-state index >= 15 is 0 Å². The van der Waals surface area contributed by atoms with Crippen molar-refractivity contribution in [3.05, 3.63) is 73.4 Å². The van der Waals surface area contributed by atoms with E-state index in [0.29, 0.717) is 5.95 Å². The highest BCUT2D eigenvalue weighted by Crippen LogP contribution is 2.25. The number of nitrogens with zero attached hydrogens (tertiary/aromatic N) is 6. The molecule has 1 aliphatic rings. The summed E-state index contributed by atoms with van der Waals surface area (Å²) < 4.78 is 7.31. The van der Waals surface area contributed by atoms with E-state index in [1.54, 1.807) is 18.9 Å². The van der Waals surface area contributed by atoms with E-state index in [-0.39, 0.29) is 0 Å². The van der Waals surface area contributed by atoms with Gasteiger partial charge in [0.05, 0.1) is 18.9 Å². The van der Waals surface area contributed by atoms with Crippen LogP contribution in [-0.2, 0) is 4.74 Å². The van der Waals surface area contributed by atoms with Gasteiger partial charge in [-0.15, -0.1) is 10.2 Å². The zero-order chi connectivity index (χ0) is 20.2. The van der Waals surface area contributed by atoms with Crippen LogP contribution in [0, 0.1) is 0 Å². The first-order valence-corrected chi connectivity index (χ1v) is 9.83. The Kier molecular flexibility index (Phi) is 5.05. The predicted octanol–water partition coefficient (Wildman–Crippen LogP) is 3.30. The Morgan fingerprint density at radius 1 is 0.867 bits per heavy atom. The molecule has 1 fully saturated rings. The average Bonchev–Trinajstić information content (AvgIpc) is 3.36. The van der Waals surface area contributed by atoms with Crippen LogP contribution in [0.15, 0.2) is 73.4 Å². The molecule has 0 bridgehead atoms. The molecule has 2 aromatic carbocycles. The lowest BCUT2D eigenvalue weighted by atomic mass is 10.1. The van der Waals surface area contributed by atoms with Crippen LogP contribution in [0.3, 0.4) is 0 Å². The van der Waals surface area contributed by atoms with Gasteiger partial charge in [-0.3, -0.25) is 4.57 Å². The minimum atomic E-state index is 0.557. The van der Waals surface area contributed by atoms with Crippen LogP contribution >= 0.6 is 0 Å². The van der Waals surface area contributed by atoms with Gasteiger partial charge in [0.2, 0.25) is 5.95 Å². The minimum absolute atomic E-state index is 0.557. The van der Waals surface area contributed by atoms with Crippen molar-refractivity contribution in [1.29, 1.82) is 0 Å². The van der Waals surface area contributed by atoms with E-state index in [9.17, 15) is 0 Å². The maximum Gasteiger partial charge on any atom is 0.227 e. The second-order valence-electron chi connectivity index (χ2n) is 6.96. The second-order valence-corrected chi connectivity index (χ2v) is 6.96. The molecule has 0 spiro atoms. The Bertz CT molecular complexity index is 1110. The lowest BCUT2D eigenvalue weighted by Crippen LogP contribution is -2.36. The van der Waals surface area contributed by atoms with Crippen molar-refractivity contribution >= 4 is 17.3 Å². The van der Waals surface area contributed by atoms with Crippen molar-refractivity contribution in [3.63, 3.8) is 0 Å². The van der Waals surface area contributed by atoms with Gasteiger partial charge in [0.1, 0.15) is 12.7 Å². The summed E-state index contributed by atoms with van der Waals surface area (Å²) in [5.74, 6) is 0.557. The van der Waals surface area contributed by atoms with Crippen molar-refractivity contribution in [2.75, 3.05) is 36.5 Å². The highest BCUT2D eigenvalue weighted by atomic mass is 16.5. The third-order valence-corrected chi connectivity index (χ3v) is 5.01. The second kappa shape index (κ2) is 8.30. The molecule has 30 heavy (non-hydrogen) atoms. The van der Waals surface area contributed by atoms with E-state index in [2.05, 4.69) is 49.7 Å². The summed E-state index contributed by atoms with van der Waals surface area (Å²) in [7, 11) is 0. The maximum atomic E-state index is 5.46. The van der Waals surface area contributed by atoms with Crippen molar-refractivity contribution in [3.8, 4) is 16.9 Å². The van der Waals surface area contributed by atoms with Gasteiger partial charge in [0, 0.05) is 41.9 Å². The fourth-order valence-corrected chi connectivity index (χ4v) is 3.44. The number of morpholine rings is 1. The van der Waals surface area contributed by atoms with Crippen molar-refractivity contribution in [1.82, 2.24) is 24.7 Å². The fourth-order valence-electron chi connectivity index (χ4n) is 3.44. The lowest BCUT2D eigenvalue weighted by molar-refractivity contribution is 0.122. The summed E-state index contributed by atoms with van der Waals surface area (Å²) in [5, 5.41) is 10.9. The highest BCUT2D eigenvalue weighted by Gasteiger charge is 2.12. The number of rotatable bonds is 5. The van der Waals surface area contributed by atoms with Gasteiger partial charge in [-0.1, -0.05) is 12.1 Å². The first-order chi connectivity index (χ1) is 14.8. The van der Waals surface area contributed by atoms with Crippen molar-refractivity contribution in [2.45, 2.75) is 0 Å². The third-order valence-electron chi connectivity index (χ3n) is 5.01. The van der Waals surface area contributed by atoms with E-state index in [1.807, 2.05) is 34.9 Å². The van der Waals surface area contributed by atoms with Crippen LogP contribution < -0.4 is 10.2 Å². The third kappa shape index (κ3) is 3.99. The molecule has 8 nitrogen and oxygen atoms in total. The summed E-state index contributed by atoms with van der Waals surface area (Å²) >= 11 is 0. The van der Waals surface area contributed by atoms with Crippen molar-refractivity contribution in [2.24, 2.45) is 0 Å². The standard InChI is InChI=1S/C22H21N7O/c1-2-17(14-20(3-1)28-10-12-30-13-11-28)21-8-9-23-22(27-21)26-18-4-6-19(7-5-18)29-15-24-25-16-29/h1-9,14-16H,10-13H2,(H,23,26,27). The van der Waals surface area contributed by atoms with Crippen LogP contribution in [-0.4, -0.2) is 51.0 Å². The molecule has 5 rings (SSSR count). The van der Waals surface area contributed by atoms with Gasteiger partial charge >= 0.3 is 0 Å². The molecule has 2 aromatic heterocycles. The molecule has 0 unspecified atom stereocenters. The minimum Gasteiger partial charge on any atom is -0.378 e. The Morgan fingerprint density at radius 3 is 2.47 bits per heavy atom. The molecule has 4 aromatic rings. The molecule has 0 radical (unpaired) electrons. The Hall–Kier alpha value is -3.78. The van der Waals surface area contributed by atoms with E-state index < -0.39 is 0 Å². The average molecular weight is 399 g/mol. The molecular weight excluding hydrogens is 378 g/mol. The zero-order valence-corrected chi connectivity index (χ0v) is 16.3. The van der Waals surface area contributed by atoms with Crippen LogP contribution in [0.4, 0.5) is 17.3 Å². The number of hydrogen-bond donors (Lipinski definition) is 1. The van der Waals surface area contributed by atoms with E-state index in [4.69, 9.17) is 9.72 Å². The summed E-state index contributed by atoms with van der Waals surface area (Å²) in [6.07, 6.45) is 5.11.